The van der Waals surface area contributed by atoms with Gasteiger partial charge in [-0.25, -0.2) is 4.79 Å². The van der Waals surface area contributed by atoms with Gasteiger partial charge in [-0.2, -0.15) is 0 Å². The van der Waals surface area contributed by atoms with Gasteiger partial charge in [0.2, 0.25) is 0 Å². The first-order chi connectivity index (χ1) is 13.5. The fourth-order valence-corrected chi connectivity index (χ4v) is 3.16. The number of carboxylic acid groups (broad SMARTS) is 1. The second-order valence-electron chi connectivity index (χ2n) is 6.70. The van der Waals surface area contributed by atoms with Gasteiger partial charge in [-0.3, -0.25) is 0 Å². The van der Waals surface area contributed by atoms with Crippen molar-refractivity contribution in [1.29, 1.82) is 0 Å². The van der Waals surface area contributed by atoms with Crippen LogP contribution in [0.15, 0.2) is 48.7 Å². The normalized spacial score (nSPS) is 13.4. The third kappa shape index (κ3) is 4.62. The van der Waals surface area contributed by atoms with Crippen molar-refractivity contribution in [3.05, 3.63) is 59.8 Å². The lowest BCUT2D eigenvalue weighted by Gasteiger charge is -2.20. The molecule has 3 rings (SSSR count). The molecule has 0 radical (unpaired) electrons. The number of benzene rings is 2. The van der Waals surface area contributed by atoms with Gasteiger partial charge in [0.25, 0.3) is 0 Å². The smallest absolute Gasteiger partial charge is 0.341 e. The largest absolute Gasteiger partial charge is 0.508 e. The molecular formula is C21H24N2O5. The number of carboxylic acids is 1. The first-order valence-electron chi connectivity index (χ1n) is 9.09. The average molecular weight is 384 g/mol. The minimum atomic E-state index is -1.02. The number of fused-ring (bicyclic) bond motifs is 1. The molecule has 1 heterocycles. The van der Waals surface area contributed by atoms with E-state index in [1.165, 1.54) is 0 Å². The van der Waals surface area contributed by atoms with Gasteiger partial charge in [0.15, 0.2) is 6.61 Å². The Bertz CT molecular complexity index is 936. The van der Waals surface area contributed by atoms with Crippen molar-refractivity contribution in [3.8, 4) is 11.5 Å². The Morgan fingerprint density at radius 1 is 1.21 bits per heavy atom. The molecule has 148 valence electrons. The van der Waals surface area contributed by atoms with Crippen LogP contribution in [0.25, 0.3) is 10.9 Å². The zero-order valence-corrected chi connectivity index (χ0v) is 15.6. The van der Waals surface area contributed by atoms with Crippen LogP contribution < -0.4 is 10.1 Å². The maximum atomic E-state index is 10.7. The number of rotatable bonds is 9. The Labute approximate surface area is 162 Å². The van der Waals surface area contributed by atoms with E-state index in [4.69, 9.17) is 9.84 Å². The van der Waals surface area contributed by atoms with Gasteiger partial charge in [-0.15, -0.1) is 0 Å². The van der Waals surface area contributed by atoms with Gasteiger partial charge in [0, 0.05) is 17.6 Å². The van der Waals surface area contributed by atoms with Crippen molar-refractivity contribution in [2.75, 3.05) is 13.2 Å². The minimum absolute atomic E-state index is 0.163. The molecule has 0 aliphatic carbocycles. The number of aliphatic hydroxyl groups excluding tert-OH is 1. The molecule has 5 N–H and O–H groups in total. The molecule has 0 saturated carbocycles. The number of hydrogen-bond acceptors (Lipinski definition) is 5. The van der Waals surface area contributed by atoms with Gasteiger partial charge in [-0.05, 0) is 49.2 Å². The Balaban J connectivity index is 1.60. The number of H-pyrrole nitrogens is 1. The van der Waals surface area contributed by atoms with Crippen LogP contribution in [0.4, 0.5) is 0 Å². The Hall–Kier alpha value is -3.03. The number of phenols is 1. The maximum absolute atomic E-state index is 10.7. The number of aromatic hydroxyl groups is 1. The van der Waals surface area contributed by atoms with Crippen molar-refractivity contribution in [2.45, 2.75) is 25.5 Å². The third-order valence-electron chi connectivity index (χ3n) is 4.68. The molecule has 3 aromatic rings. The quantitative estimate of drug-likeness (QED) is 0.387. The number of aromatic nitrogens is 1. The SMILES string of the molecule is C[C@H](NCCc1c[nH]c2c(OCC(=O)O)cccc12)[C@@H](O)c1ccc(O)cc1. The van der Waals surface area contributed by atoms with E-state index >= 15 is 0 Å². The first-order valence-corrected chi connectivity index (χ1v) is 9.09. The van der Waals surface area contributed by atoms with Crippen LogP contribution in [0.1, 0.15) is 24.2 Å². The molecule has 2 atom stereocenters. The lowest BCUT2D eigenvalue weighted by molar-refractivity contribution is -0.139. The van der Waals surface area contributed by atoms with Crippen molar-refractivity contribution in [1.82, 2.24) is 10.3 Å². The zero-order chi connectivity index (χ0) is 20.1. The Morgan fingerprint density at radius 2 is 1.96 bits per heavy atom. The number of aliphatic hydroxyl groups is 1. The van der Waals surface area contributed by atoms with Crippen LogP contribution in [0.3, 0.4) is 0 Å². The molecule has 0 aliphatic heterocycles. The summed E-state index contributed by atoms with van der Waals surface area (Å²) < 4.78 is 5.33. The standard InChI is InChI=1S/C21H24N2O5/c1-13(21(27)14-5-7-16(24)8-6-14)22-10-9-15-11-23-20-17(15)3-2-4-18(20)28-12-19(25)26/h2-8,11,13,21-24,27H,9-10,12H2,1H3,(H,25,26)/t13-,21+/m0/s1. The highest BCUT2D eigenvalue weighted by Gasteiger charge is 2.16. The summed E-state index contributed by atoms with van der Waals surface area (Å²) in [7, 11) is 0. The summed E-state index contributed by atoms with van der Waals surface area (Å²) in [5.41, 5.74) is 2.59. The molecule has 7 heteroatoms. The minimum Gasteiger partial charge on any atom is -0.508 e. The molecule has 0 fully saturated rings. The van der Waals surface area contributed by atoms with Crippen LogP contribution in [0, 0.1) is 0 Å². The van der Waals surface area contributed by atoms with E-state index in [0.29, 0.717) is 12.3 Å². The summed E-state index contributed by atoms with van der Waals surface area (Å²) in [5, 5.41) is 32.9. The molecule has 0 unspecified atom stereocenters. The van der Waals surface area contributed by atoms with E-state index in [0.717, 1.165) is 28.5 Å². The number of aromatic amines is 1. The van der Waals surface area contributed by atoms with Gasteiger partial charge in [0.1, 0.15) is 11.5 Å². The van der Waals surface area contributed by atoms with E-state index < -0.39 is 12.1 Å². The zero-order valence-electron chi connectivity index (χ0n) is 15.6. The molecule has 7 nitrogen and oxygen atoms in total. The number of aliphatic carboxylic acids is 1. The van der Waals surface area contributed by atoms with Crippen LogP contribution in [-0.4, -0.2) is 45.5 Å². The van der Waals surface area contributed by atoms with Gasteiger partial charge >= 0.3 is 5.97 Å². The van der Waals surface area contributed by atoms with Crippen molar-refractivity contribution >= 4 is 16.9 Å². The number of nitrogens with one attached hydrogen (secondary N) is 2. The van der Waals surface area contributed by atoms with Crippen molar-refractivity contribution in [2.24, 2.45) is 0 Å². The second kappa shape index (κ2) is 8.77. The molecule has 28 heavy (non-hydrogen) atoms. The molecule has 0 bridgehead atoms. The summed E-state index contributed by atoms with van der Waals surface area (Å²) in [6, 6.07) is 11.9. The predicted octanol–water partition coefficient (Wildman–Crippen LogP) is 2.59. The molecule has 0 saturated heterocycles. The lowest BCUT2D eigenvalue weighted by atomic mass is 10.0. The van der Waals surface area contributed by atoms with E-state index in [-0.39, 0.29) is 18.4 Å². The number of carbonyl (C=O) groups is 1. The van der Waals surface area contributed by atoms with Crippen LogP contribution in [-0.2, 0) is 11.2 Å². The first kappa shape index (κ1) is 19.7. The van der Waals surface area contributed by atoms with Crippen LogP contribution in [0.2, 0.25) is 0 Å². The summed E-state index contributed by atoms with van der Waals surface area (Å²) in [6.45, 7) is 2.18. The third-order valence-corrected chi connectivity index (χ3v) is 4.68. The fraction of sp³-hybridized carbons (Fsp3) is 0.286. The number of hydrogen-bond donors (Lipinski definition) is 5. The average Bonchev–Trinajstić information content (AvgIpc) is 3.10. The van der Waals surface area contributed by atoms with E-state index in [1.807, 2.05) is 25.3 Å². The Morgan fingerprint density at radius 3 is 2.68 bits per heavy atom. The van der Waals surface area contributed by atoms with Crippen LogP contribution in [0.5, 0.6) is 11.5 Å². The lowest BCUT2D eigenvalue weighted by Crippen LogP contribution is -2.33. The molecule has 0 spiro atoms. The Kier molecular flexibility index (Phi) is 6.18. The highest BCUT2D eigenvalue weighted by atomic mass is 16.5. The van der Waals surface area contributed by atoms with Crippen molar-refractivity contribution < 1.29 is 24.9 Å². The summed E-state index contributed by atoms with van der Waals surface area (Å²) in [6.07, 6.45) is 1.94. The predicted molar refractivity (Wildman–Crippen MR) is 106 cm³/mol. The second-order valence-corrected chi connectivity index (χ2v) is 6.70. The van der Waals surface area contributed by atoms with Gasteiger partial charge in [-0.1, -0.05) is 24.3 Å². The van der Waals surface area contributed by atoms with Gasteiger partial charge < -0.3 is 30.4 Å². The van der Waals surface area contributed by atoms with Crippen LogP contribution >= 0.6 is 0 Å². The number of ether oxygens (including phenoxy) is 1. The maximum Gasteiger partial charge on any atom is 0.341 e. The molecule has 0 aliphatic rings. The molecule has 0 amide bonds. The molecule has 1 aromatic heterocycles. The highest BCUT2D eigenvalue weighted by Crippen LogP contribution is 2.27. The molecule has 2 aromatic carbocycles. The van der Waals surface area contributed by atoms with Crippen molar-refractivity contribution in [3.63, 3.8) is 0 Å². The topological polar surface area (TPSA) is 115 Å². The summed E-state index contributed by atoms with van der Waals surface area (Å²) in [5.74, 6) is -0.341. The number of para-hydroxylation sites is 1. The van der Waals surface area contributed by atoms with E-state index in [1.54, 1.807) is 30.3 Å². The summed E-state index contributed by atoms with van der Waals surface area (Å²) in [4.78, 5) is 13.9. The van der Waals surface area contributed by atoms with Gasteiger partial charge in [0.05, 0.1) is 11.6 Å². The monoisotopic (exact) mass is 384 g/mol. The number of phenolic OH excluding ortho intramolecular Hbond substituents is 1. The summed E-state index contributed by atoms with van der Waals surface area (Å²) >= 11 is 0. The van der Waals surface area contributed by atoms with E-state index in [9.17, 15) is 15.0 Å². The fourth-order valence-electron chi connectivity index (χ4n) is 3.16. The highest BCUT2D eigenvalue weighted by molar-refractivity contribution is 5.88. The van der Waals surface area contributed by atoms with E-state index in [2.05, 4.69) is 10.3 Å². The molecular weight excluding hydrogens is 360 g/mol.